The van der Waals surface area contributed by atoms with Gasteiger partial charge in [-0.05, 0) is 44.7 Å². The molecule has 0 atom stereocenters. The lowest BCUT2D eigenvalue weighted by Crippen LogP contribution is -2.36. The number of hydrogen-bond donors (Lipinski definition) is 2. The molecule has 0 bridgehead atoms. The van der Waals surface area contributed by atoms with Crippen LogP contribution in [0.4, 0.5) is 11.4 Å². The van der Waals surface area contributed by atoms with Crippen LogP contribution in [0.25, 0.3) is 0 Å². The van der Waals surface area contributed by atoms with Crippen molar-refractivity contribution in [1.82, 2.24) is 4.90 Å². The summed E-state index contributed by atoms with van der Waals surface area (Å²) in [4.78, 5) is 25.9. The van der Waals surface area contributed by atoms with Crippen LogP contribution in [-0.2, 0) is 9.59 Å². The van der Waals surface area contributed by atoms with Crippen LogP contribution in [0.5, 0.6) is 0 Å². The lowest BCUT2D eigenvalue weighted by atomic mass is 10.2. The Kier molecular flexibility index (Phi) is 7.03. The molecule has 5 nitrogen and oxygen atoms in total. The second kappa shape index (κ2) is 9.03. The topological polar surface area (TPSA) is 61.4 Å². The van der Waals surface area contributed by atoms with E-state index >= 15 is 0 Å². The molecule has 0 aliphatic rings. The zero-order valence-corrected chi connectivity index (χ0v) is 16.4. The Morgan fingerprint density at radius 3 is 2.12 bits per heavy atom. The van der Waals surface area contributed by atoms with Gasteiger partial charge in [0.05, 0.1) is 28.8 Å². The van der Waals surface area contributed by atoms with Crippen molar-refractivity contribution < 1.29 is 9.59 Å². The van der Waals surface area contributed by atoms with Gasteiger partial charge in [0.15, 0.2) is 0 Å². The van der Waals surface area contributed by atoms with E-state index in [4.69, 9.17) is 23.2 Å². The molecule has 2 aromatic rings. The van der Waals surface area contributed by atoms with Crippen molar-refractivity contribution in [2.45, 2.75) is 13.8 Å². The summed E-state index contributed by atoms with van der Waals surface area (Å²) in [7, 11) is 1.69. The van der Waals surface area contributed by atoms with E-state index in [-0.39, 0.29) is 24.9 Å². The van der Waals surface area contributed by atoms with Gasteiger partial charge >= 0.3 is 0 Å². The molecule has 2 N–H and O–H groups in total. The Morgan fingerprint density at radius 2 is 1.50 bits per heavy atom. The molecule has 2 aromatic carbocycles. The number of halogens is 2. The van der Waals surface area contributed by atoms with Gasteiger partial charge < -0.3 is 10.6 Å². The number of nitrogens with one attached hydrogen (secondary N) is 2. The van der Waals surface area contributed by atoms with E-state index in [0.717, 1.165) is 16.8 Å². The van der Waals surface area contributed by atoms with E-state index in [0.29, 0.717) is 15.7 Å². The minimum atomic E-state index is -0.301. The summed E-state index contributed by atoms with van der Waals surface area (Å²) >= 11 is 12.3. The van der Waals surface area contributed by atoms with Crippen LogP contribution in [0.1, 0.15) is 11.1 Å². The first kappa shape index (κ1) is 20.2. The summed E-state index contributed by atoms with van der Waals surface area (Å²) in [6, 6.07) is 11.0. The Hall–Kier alpha value is -2.08. The maximum absolute atomic E-state index is 12.2. The van der Waals surface area contributed by atoms with Crippen LogP contribution in [0.3, 0.4) is 0 Å². The lowest BCUT2D eigenvalue weighted by Gasteiger charge is -2.17. The average molecular weight is 394 g/mol. The molecule has 138 valence electrons. The largest absolute Gasteiger partial charge is 0.325 e. The molecular weight excluding hydrogens is 373 g/mol. The number of aryl methyl sites for hydroxylation is 2. The first-order valence-electron chi connectivity index (χ1n) is 8.06. The summed E-state index contributed by atoms with van der Waals surface area (Å²) in [6.45, 7) is 3.92. The van der Waals surface area contributed by atoms with Gasteiger partial charge in [-0.2, -0.15) is 0 Å². The zero-order valence-electron chi connectivity index (χ0n) is 14.9. The monoisotopic (exact) mass is 393 g/mol. The quantitative estimate of drug-likeness (QED) is 0.775. The number of rotatable bonds is 6. The van der Waals surface area contributed by atoms with E-state index in [2.05, 4.69) is 10.6 Å². The highest BCUT2D eigenvalue weighted by atomic mass is 35.5. The van der Waals surface area contributed by atoms with Crippen molar-refractivity contribution in [3.63, 3.8) is 0 Å². The molecule has 26 heavy (non-hydrogen) atoms. The number of anilines is 2. The van der Waals surface area contributed by atoms with Gasteiger partial charge in [0.25, 0.3) is 0 Å². The van der Waals surface area contributed by atoms with E-state index in [1.807, 2.05) is 38.1 Å². The van der Waals surface area contributed by atoms with Crippen molar-refractivity contribution in [2.24, 2.45) is 0 Å². The van der Waals surface area contributed by atoms with E-state index in [1.54, 1.807) is 24.1 Å². The number of likely N-dealkylation sites (N-methyl/N-ethyl adjacent to an activating group) is 1. The fraction of sp³-hybridized carbons (Fsp3) is 0.263. The standard InChI is InChI=1S/C19H21Cl2N3O2/c1-12-4-7-14(8-5-12)22-16(25)10-24(3)11-17(26)23-19-15(20)9-6-13(2)18(19)21/h4-9H,10-11H2,1-3H3,(H,22,25)(H,23,26). The van der Waals surface area contributed by atoms with Crippen LogP contribution in [0.15, 0.2) is 36.4 Å². The highest BCUT2D eigenvalue weighted by Gasteiger charge is 2.15. The number of hydrogen-bond acceptors (Lipinski definition) is 3. The number of carbonyl (C=O) groups is 2. The normalized spacial score (nSPS) is 10.7. The first-order chi connectivity index (χ1) is 12.3. The van der Waals surface area contributed by atoms with Gasteiger partial charge in [-0.1, -0.05) is 47.0 Å². The third-order valence-electron chi connectivity index (χ3n) is 3.71. The number of amides is 2. The fourth-order valence-corrected chi connectivity index (χ4v) is 2.80. The summed E-state index contributed by atoms with van der Waals surface area (Å²) in [6.07, 6.45) is 0. The SMILES string of the molecule is Cc1ccc(NC(=O)CN(C)CC(=O)Nc2c(Cl)ccc(C)c2Cl)cc1. The predicted octanol–water partition coefficient (Wildman–Crippen LogP) is 4.12. The number of nitrogens with zero attached hydrogens (tertiary/aromatic N) is 1. The molecule has 0 unspecified atom stereocenters. The summed E-state index contributed by atoms with van der Waals surface area (Å²) < 4.78 is 0. The predicted molar refractivity (Wildman–Crippen MR) is 107 cm³/mol. The smallest absolute Gasteiger partial charge is 0.238 e. The fourth-order valence-electron chi connectivity index (χ4n) is 2.33. The van der Waals surface area contributed by atoms with Crippen LogP contribution in [-0.4, -0.2) is 36.9 Å². The minimum Gasteiger partial charge on any atom is -0.325 e. The molecule has 0 spiro atoms. The first-order valence-corrected chi connectivity index (χ1v) is 8.81. The Morgan fingerprint density at radius 1 is 0.923 bits per heavy atom. The zero-order chi connectivity index (χ0) is 19.3. The average Bonchev–Trinajstić information content (AvgIpc) is 2.57. The minimum absolute atomic E-state index is 0.0297. The third-order valence-corrected chi connectivity index (χ3v) is 4.51. The molecule has 0 heterocycles. The van der Waals surface area contributed by atoms with Crippen LogP contribution in [0.2, 0.25) is 10.0 Å². The lowest BCUT2D eigenvalue weighted by molar-refractivity contribution is -0.119. The van der Waals surface area contributed by atoms with Gasteiger partial charge in [0.1, 0.15) is 0 Å². The highest BCUT2D eigenvalue weighted by molar-refractivity contribution is 6.40. The van der Waals surface area contributed by atoms with Gasteiger partial charge in [0, 0.05) is 5.69 Å². The molecule has 2 rings (SSSR count). The molecule has 0 saturated carbocycles. The van der Waals surface area contributed by atoms with Gasteiger partial charge in [-0.15, -0.1) is 0 Å². The van der Waals surface area contributed by atoms with Gasteiger partial charge in [0.2, 0.25) is 11.8 Å². The summed E-state index contributed by atoms with van der Waals surface area (Å²) in [5.41, 5.74) is 3.04. The molecule has 0 radical (unpaired) electrons. The van der Waals surface area contributed by atoms with Crippen LogP contribution < -0.4 is 10.6 Å². The maximum Gasteiger partial charge on any atom is 0.238 e. The molecule has 0 aliphatic heterocycles. The van der Waals surface area contributed by atoms with Crippen LogP contribution >= 0.6 is 23.2 Å². The van der Waals surface area contributed by atoms with E-state index in [9.17, 15) is 9.59 Å². The summed E-state index contributed by atoms with van der Waals surface area (Å²) in [5.74, 6) is -0.499. The van der Waals surface area contributed by atoms with E-state index in [1.165, 1.54) is 0 Å². The van der Waals surface area contributed by atoms with Crippen molar-refractivity contribution in [2.75, 3.05) is 30.8 Å². The maximum atomic E-state index is 12.2. The van der Waals surface area contributed by atoms with Crippen molar-refractivity contribution in [3.8, 4) is 0 Å². The molecule has 0 saturated heterocycles. The molecular formula is C19H21Cl2N3O2. The highest BCUT2D eigenvalue weighted by Crippen LogP contribution is 2.32. The summed E-state index contributed by atoms with van der Waals surface area (Å²) in [5, 5.41) is 6.27. The number of carbonyl (C=O) groups excluding carboxylic acids is 2. The number of benzene rings is 2. The van der Waals surface area contributed by atoms with Crippen molar-refractivity contribution >= 4 is 46.4 Å². The van der Waals surface area contributed by atoms with Crippen molar-refractivity contribution in [3.05, 3.63) is 57.6 Å². The second-order valence-electron chi connectivity index (χ2n) is 6.19. The molecule has 0 aromatic heterocycles. The molecule has 7 heteroatoms. The molecule has 0 aliphatic carbocycles. The van der Waals surface area contributed by atoms with E-state index < -0.39 is 0 Å². The Bertz CT molecular complexity index is 807. The second-order valence-corrected chi connectivity index (χ2v) is 6.97. The third kappa shape index (κ3) is 5.73. The van der Waals surface area contributed by atoms with Crippen molar-refractivity contribution in [1.29, 1.82) is 0 Å². The Labute approximate surface area is 163 Å². The van der Waals surface area contributed by atoms with Gasteiger partial charge in [-0.3, -0.25) is 14.5 Å². The van der Waals surface area contributed by atoms with Crippen LogP contribution in [0, 0.1) is 13.8 Å². The molecule has 0 fully saturated rings. The van der Waals surface area contributed by atoms with Gasteiger partial charge in [-0.25, -0.2) is 0 Å². The molecule has 2 amide bonds. The Balaban J connectivity index is 1.88.